The van der Waals surface area contributed by atoms with Crippen LogP contribution >= 0.6 is 0 Å². The van der Waals surface area contributed by atoms with Gasteiger partial charge in [0.05, 0.1) is 24.9 Å². The van der Waals surface area contributed by atoms with Crippen molar-refractivity contribution in [2.24, 2.45) is 7.05 Å². The number of hydrogen-bond donors (Lipinski definition) is 1. The van der Waals surface area contributed by atoms with Gasteiger partial charge in [0, 0.05) is 19.3 Å². The van der Waals surface area contributed by atoms with Crippen LogP contribution in [-0.2, 0) is 16.6 Å². The Balaban J connectivity index is 2.54. The first kappa shape index (κ1) is 11.6. The lowest BCUT2D eigenvalue weighted by molar-refractivity contribution is -0.140. The van der Waals surface area contributed by atoms with Gasteiger partial charge in [-0.15, -0.1) is 0 Å². The molecule has 0 amide bonds. The van der Waals surface area contributed by atoms with Crippen molar-refractivity contribution in [3.63, 3.8) is 0 Å². The van der Waals surface area contributed by atoms with Gasteiger partial charge in [-0.05, 0) is 13.8 Å². The van der Waals surface area contributed by atoms with E-state index in [0.717, 1.165) is 11.4 Å². The highest BCUT2D eigenvalue weighted by Crippen LogP contribution is 2.13. The molecule has 1 atom stereocenters. The lowest BCUT2D eigenvalue weighted by atomic mass is 10.2. The number of esters is 1. The Kier molecular flexibility index (Phi) is 3.71. The quantitative estimate of drug-likeness (QED) is 0.757. The highest BCUT2D eigenvalue weighted by atomic mass is 16.5. The van der Waals surface area contributed by atoms with Gasteiger partial charge in [0.1, 0.15) is 0 Å². The maximum Gasteiger partial charge on any atom is 0.307 e. The summed E-state index contributed by atoms with van der Waals surface area (Å²) in [5.41, 5.74) is 1.88. The van der Waals surface area contributed by atoms with E-state index in [2.05, 4.69) is 15.2 Å². The Morgan fingerprint density at radius 2 is 2.40 bits per heavy atom. The van der Waals surface area contributed by atoms with Crippen LogP contribution in [0.15, 0.2) is 6.20 Å². The van der Waals surface area contributed by atoms with Gasteiger partial charge in [0.25, 0.3) is 0 Å². The van der Waals surface area contributed by atoms with Crippen molar-refractivity contribution < 1.29 is 9.53 Å². The maximum absolute atomic E-state index is 11.0. The predicted molar refractivity (Wildman–Crippen MR) is 57.7 cm³/mol. The fraction of sp³-hybridized carbons (Fsp3) is 0.600. The summed E-state index contributed by atoms with van der Waals surface area (Å²) < 4.78 is 6.33. The molecule has 0 aliphatic carbocycles. The monoisotopic (exact) mass is 211 g/mol. The zero-order valence-corrected chi connectivity index (χ0v) is 9.57. The van der Waals surface area contributed by atoms with Crippen molar-refractivity contribution in [2.45, 2.75) is 26.3 Å². The van der Waals surface area contributed by atoms with Crippen molar-refractivity contribution >= 4 is 11.7 Å². The van der Waals surface area contributed by atoms with Gasteiger partial charge in [-0.3, -0.25) is 9.48 Å². The molecule has 5 heteroatoms. The SMILES string of the molecule is COC(=O)CC(C)Nc1cn(C)nc1C. The fourth-order valence-electron chi connectivity index (χ4n) is 1.39. The van der Waals surface area contributed by atoms with E-state index in [0.29, 0.717) is 6.42 Å². The number of nitrogens with one attached hydrogen (secondary N) is 1. The molecule has 0 fully saturated rings. The van der Waals surface area contributed by atoms with E-state index in [9.17, 15) is 4.79 Å². The molecule has 1 heterocycles. The molecular weight excluding hydrogens is 194 g/mol. The van der Waals surface area contributed by atoms with Gasteiger partial charge < -0.3 is 10.1 Å². The van der Waals surface area contributed by atoms with Crippen LogP contribution < -0.4 is 5.32 Å². The zero-order chi connectivity index (χ0) is 11.4. The summed E-state index contributed by atoms with van der Waals surface area (Å²) >= 11 is 0. The van der Waals surface area contributed by atoms with Gasteiger partial charge in [-0.25, -0.2) is 0 Å². The summed E-state index contributed by atoms with van der Waals surface area (Å²) in [5.74, 6) is -0.212. The average Bonchev–Trinajstić information content (AvgIpc) is 2.44. The molecule has 5 nitrogen and oxygen atoms in total. The van der Waals surface area contributed by atoms with E-state index < -0.39 is 0 Å². The van der Waals surface area contributed by atoms with Crippen LogP contribution in [0.5, 0.6) is 0 Å². The Morgan fingerprint density at radius 3 is 2.87 bits per heavy atom. The number of rotatable bonds is 4. The van der Waals surface area contributed by atoms with Crippen molar-refractivity contribution in [1.29, 1.82) is 0 Å². The van der Waals surface area contributed by atoms with E-state index in [1.807, 2.05) is 27.1 Å². The molecule has 0 bridgehead atoms. The molecular formula is C10H17N3O2. The van der Waals surface area contributed by atoms with Gasteiger partial charge in [-0.2, -0.15) is 5.10 Å². The van der Waals surface area contributed by atoms with Gasteiger partial charge in [0.2, 0.25) is 0 Å². The van der Waals surface area contributed by atoms with E-state index in [1.54, 1.807) is 4.68 Å². The third-order valence-corrected chi connectivity index (χ3v) is 2.12. The number of methoxy groups -OCH3 is 1. The lowest BCUT2D eigenvalue weighted by Gasteiger charge is -2.12. The molecule has 0 saturated carbocycles. The third-order valence-electron chi connectivity index (χ3n) is 2.12. The van der Waals surface area contributed by atoms with E-state index in [-0.39, 0.29) is 12.0 Å². The zero-order valence-electron chi connectivity index (χ0n) is 9.57. The largest absolute Gasteiger partial charge is 0.469 e. The van der Waals surface area contributed by atoms with Crippen molar-refractivity contribution in [3.05, 3.63) is 11.9 Å². The highest BCUT2D eigenvalue weighted by Gasteiger charge is 2.11. The smallest absolute Gasteiger partial charge is 0.307 e. The molecule has 0 aliphatic rings. The van der Waals surface area contributed by atoms with E-state index >= 15 is 0 Å². The summed E-state index contributed by atoms with van der Waals surface area (Å²) in [6.45, 7) is 3.86. The third kappa shape index (κ3) is 3.27. The predicted octanol–water partition coefficient (Wildman–Crippen LogP) is 1.09. The number of aromatic nitrogens is 2. The van der Waals surface area contributed by atoms with Crippen LogP contribution in [0.1, 0.15) is 19.0 Å². The van der Waals surface area contributed by atoms with E-state index in [1.165, 1.54) is 7.11 Å². The Bertz CT molecular complexity index is 346. The normalized spacial score (nSPS) is 12.3. The fourth-order valence-corrected chi connectivity index (χ4v) is 1.39. The molecule has 15 heavy (non-hydrogen) atoms. The Morgan fingerprint density at radius 1 is 1.73 bits per heavy atom. The molecule has 0 radical (unpaired) electrons. The standard InChI is InChI=1S/C10H17N3O2/c1-7(5-10(14)15-4)11-9-6-13(3)12-8(9)2/h6-7,11H,5H2,1-4H3. The number of aryl methyl sites for hydroxylation is 2. The lowest BCUT2D eigenvalue weighted by Crippen LogP contribution is -2.20. The van der Waals surface area contributed by atoms with Crippen molar-refractivity contribution in [2.75, 3.05) is 12.4 Å². The summed E-state index contributed by atoms with van der Waals surface area (Å²) in [7, 11) is 3.26. The van der Waals surface area contributed by atoms with Crippen molar-refractivity contribution in [3.8, 4) is 0 Å². The molecule has 0 aliphatic heterocycles. The Hall–Kier alpha value is -1.52. The molecule has 0 aromatic carbocycles. The minimum Gasteiger partial charge on any atom is -0.469 e. The summed E-state index contributed by atoms with van der Waals surface area (Å²) in [5, 5.41) is 7.41. The average molecular weight is 211 g/mol. The first-order valence-corrected chi connectivity index (χ1v) is 4.86. The van der Waals surface area contributed by atoms with Crippen LogP contribution in [0.2, 0.25) is 0 Å². The summed E-state index contributed by atoms with van der Waals surface area (Å²) in [6.07, 6.45) is 2.24. The number of hydrogen-bond acceptors (Lipinski definition) is 4. The summed E-state index contributed by atoms with van der Waals surface area (Å²) in [4.78, 5) is 11.0. The summed E-state index contributed by atoms with van der Waals surface area (Å²) in [6, 6.07) is 0.0420. The van der Waals surface area contributed by atoms with Gasteiger partial charge in [-0.1, -0.05) is 0 Å². The molecule has 0 saturated heterocycles. The second kappa shape index (κ2) is 4.82. The van der Waals surface area contributed by atoms with Gasteiger partial charge in [0.15, 0.2) is 0 Å². The first-order valence-electron chi connectivity index (χ1n) is 4.86. The molecule has 84 valence electrons. The van der Waals surface area contributed by atoms with E-state index in [4.69, 9.17) is 0 Å². The first-order chi connectivity index (χ1) is 7.02. The maximum atomic E-state index is 11.0. The number of carbonyl (C=O) groups excluding carboxylic acids is 1. The molecule has 0 spiro atoms. The number of ether oxygens (including phenoxy) is 1. The molecule has 1 N–H and O–H groups in total. The van der Waals surface area contributed by atoms with Crippen molar-refractivity contribution in [1.82, 2.24) is 9.78 Å². The van der Waals surface area contributed by atoms with Crippen LogP contribution in [0.4, 0.5) is 5.69 Å². The molecule has 1 aromatic heterocycles. The number of carbonyl (C=O) groups is 1. The minimum atomic E-state index is -0.212. The van der Waals surface area contributed by atoms with Gasteiger partial charge >= 0.3 is 5.97 Å². The Labute approximate surface area is 89.4 Å². The minimum absolute atomic E-state index is 0.0420. The number of anilines is 1. The number of nitrogens with zero attached hydrogens (tertiary/aromatic N) is 2. The molecule has 1 rings (SSSR count). The topological polar surface area (TPSA) is 56.1 Å². The second-order valence-electron chi connectivity index (χ2n) is 3.63. The van der Waals surface area contributed by atoms with Crippen LogP contribution in [-0.4, -0.2) is 28.9 Å². The van der Waals surface area contributed by atoms with Crippen LogP contribution in [0.25, 0.3) is 0 Å². The van der Waals surface area contributed by atoms with Crippen LogP contribution in [0.3, 0.4) is 0 Å². The van der Waals surface area contributed by atoms with Crippen LogP contribution in [0, 0.1) is 6.92 Å². The molecule has 1 aromatic rings. The molecule has 1 unspecified atom stereocenters. The highest BCUT2D eigenvalue weighted by molar-refractivity contribution is 5.70. The second-order valence-corrected chi connectivity index (χ2v) is 3.63.